The van der Waals surface area contributed by atoms with E-state index < -0.39 is 26.6 Å². The molecule has 0 aliphatic carbocycles. The Bertz CT molecular complexity index is 1810. The van der Waals surface area contributed by atoms with Crippen molar-refractivity contribution in [2.24, 2.45) is 0 Å². The molecule has 3 atom stereocenters. The summed E-state index contributed by atoms with van der Waals surface area (Å²) >= 11 is 0. The normalized spacial score (nSPS) is 14.7. The smallest absolute Gasteiger partial charge is 0.268 e. The molecule has 0 aliphatic rings. The minimum Gasteiger partial charge on any atom is -0.756 e. The van der Waals surface area contributed by atoms with Gasteiger partial charge in [0.05, 0.1) is 39.9 Å². The highest BCUT2D eigenvalue weighted by Gasteiger charge is 2.23. The van der Waals surface area contributed by atoms with Crippen molar-refractivity contribution in [3.8, 4) is 0 Å². The second kappa shape index (κ2) is 60.0. The van der Waals surface area contributed by atoms with Crippen LogP contribution in [-0.4, -0.2) is 68.5 Å². The predicted octanol–water partition coefficient (Wildman–Crippen LogP) is 19.8. The van der Waals surface area contributed by atoms with Crippen molar-refractivity contribution in [3.63, 3.8) is 0 Å². The number of likely N-dealkylation sites (N-methyl/N-ethyl adjacent to an activating group) is 1. The zero-order chi connectivity index (χ0) is 58.4. The van der Waals surface area contributed by atoms with Gasteiger partial charge < -0.3 is 28.8 Å². The number of quaternary nitrogens is 1. The standard InChI is InChI=1S/C71H121N2O6P/c1-6-8-10-12-14-16-18-20-22-24-26-28-30-32-33-34-35-36-37-38-39-41-43-45-47-49-51-53-55-57-59-61-63-65-71(75)72-69(68-79-80(76,77)78-67-66-73(3,4)5)70(74)64-62-60-58-56-54-52-50-48-46-44-42-40-31-29-27-25-23-21-19-17-15-13-11-9-7-2/h8,10,14,16,20,22,26,28,32-33,35-36,38-39,43,45-46,48-49,51,54,56,62,64,69-70,74H,6-7,9,11-13,15,17-19,21,23-25,27,29-31,34,37,40-42,44,47,50,52-53,55,57-61,63,65-68H2,1-5H3,(H-,72,75,76,77)/b10-8-,16-14-,22-20-,28-26-,33-32-,36-35-,39-38-,45-43-,48-46+,51-49-,56-54+,64-62+. The highest BCUT2D eigenvalue weighted by Crippen LogP contribution is 2.38. The number of phosphoric ester groups is 1. The largest absolute Gasteiger partial charge is 0.756 e. The molecule has 0 bridgehead atoms. The SMILES string of the molecule is CC/C=C\C/C=C\C/C=C\C/C=C\C/C=C\C/C=C\C/C=C\C/C=C\C/C=C\CCCCCCCC(=O)NC(COP(=O)([O-])OCC[N+](C)(C)C)C(O)/C=C/CC/C=C/CC/C=C/CCCCCCCCCCCCCCCCC. The Balaban J connectivity index is 4.32. The molecule has 3 unspecified atom stereocenters. The molecule has 0 aromatic heterocycles. The molecule has 0 aromatic rings. The Labute approximate surface area is 493 Å². The minimum absolute atomic E-state index is 0.0213. The van der Waals surface area contributed by atoms with E-state index in [4.69, 9.17) is 9.05 Å². The average Bonchev–Trinajstić information content (AvgIpc) is 3.42. The highest BCUT2D eigenvalue weighted by atomic mass is 31.2. The van der Waals surface area contributed by atoms with Crippen LogP contribution in [0.3, 0.4) is 0 Å². The van der Waals surface area contributed by atoms with Crippen molar-refractivity contribution in [2.75, 3.05) is 40.9 Å². The van der Waals surface area contributed by atoms with Gasteiger partial charge in [0.2, 0.25) is 5.91 Å². The molecule has 0 aromatic carbocycles. The van der Waals surface area contributed by atoms with Crippen LogP contribution in [-0.2, 0) is 18.4 Å². The topological polar surface area (TPSA) is 108 Å². The Kier molecular flexibility index (Phi) is 57.3. The predicted molar refractivity (Wildman–Crippen MR) is 348 cm³/mol. The fourth-order valence-electron chi connectivity index (χ4n) is 8.53. The number of unbranched alkanes of at least 4 members (excludes halogenated alkanes) is 22. The quantitative estimate of drug-likeness (QED) is 0.0272. The van der Waals surface area contributed by atoms with E-state index in [9.17, 15) is 19.4 Å². The summed E-state index contributed by atoms with van der Waals surface area (Å²) in [5, 5.41) is 13.9. The summed E-state index contributed by atoms with van der Waals surface area (Å²) < 4.78 is 23.4. The molecule has 0 heterocycles. The van der Waals surface area contributed by atoms with Crippen LogP contribution in [0.4, 0.5) is 0 Å². The third kappa shape index (κ3) is 62.0. The molecular weight excluding hydrogens is 1010 g/mol. The lowest BCUT2D eigenvalue weighted by Gasteiger charge is -2.29. The molecule has 8 nitrogen and oxygen atoms in total. The van der Waals surface area contributed by atoms with Crippen molar-refractivity contribution in [3.05, 3.63) is 146 Å². The summed E-state index contributed by atoms with van der Waals surface area (Å²) in [7, 11) is 1.20. The number of rotatable bonds is 57. The van der Waals surface area contributed by atoms with Gasteiger partial charge in [-0.25, -0.2) is 0 Å². The molecular formula is C71H121N2O6P. The first-order valence-corrected chi connectivity index (χ1v) is 33.7. The molecule has 456 valence electrons. The van der Waals surface area contributed by atoms with Gasteiger partial charge in [-0.15, -0.1) is 0 Å². The molecule has 0 rings (SSSR count). The number of aliphatic hydroxyl groups is 1. The molecule has 0 aliphatic heterocycles. The Morgan fingerprint density at radius 2 is 0.775 bits per heavy atom. The number of nitrogens with zero attached hydrogens (tertiary/aromatic N) is 1. The number of phosphoric acid groups is 1. The van der Waals surface area contributed by atoms with Crippen molar-refractivity contribution >= 4 is 13.7 Å². The van der Waals surface area contributed by atoms with Gasteiger partial charge in [-0.1, -0.05) is 269 Å². The third-order valence-electron chi connectivity index (χ3n) is 13.5. The maximum atomic E-state index is 13.0. The van der Waals surface area contributed by atoms with Crippen LogP contribution >= 0.6 is 7.82 Å². The second-order valence-electron chi connectivity index (χ2n) is 22.4. The molecule has 0 radical (unpaired) electrons. The Morgan fingerprint density at radius 3 is 1.16 bits per heavy atom. The molecule has 2 N–H and O–H groups in total. The van der Waals surface area contributed by atoms with E-state index in [1.807, 2.05) is 27.2 Å². The zero-order valence-electron chi connectivity index (χ0n) is 52.0. The van der Waals surface area contributed by atoms with Crippen LogP contribution in [0.5, 0.6) is 0 Å². The summed E-state index contributed by atoms with van der Waals surface area (Å²) in [6.07, 6.45) is 92.3. The van der Waals surface area contributed by atoms with Crippen LogP contribution in [0.15, 0.2) is 146 Å². The third-order valence-corrected chi connectivity index (χ3v) is 14.5. The number of carbonyl (C=O) groups excluding carboxylic acids is 1. The fourth-order valence-corrected chi connectivity index (χ4v) is 9.25. The number of carbonyl (C=O) groups is 1. The van der Waals surface area contributed by atoms with E-state index in [-0.39, 0.29) is 12.5 Å². The zero-order valence-corrected chi connectivity index (χ0v) is 52.9. The first-order chi connectivity index (χ1) is 39.0. The number of hydrogen-bond acceptors (Lipinski definition) is 6. The Hall–Kier alpha value is -3.62. The maximum absolute atomic E-state index is 13.0. The molecule has 0 saturated carbocycles. The molecule has 0 spiro atoms. The number of hydrogen-bond donors (Lipinski definition) is 2. The van der Waals surface area contributed by atoms with Gasteiger partial charge in [-0.05, 0) is 116 Å². The lowest BCUT2D eigenvalue weighted by molar-refractivity contribution is -0.870. The van der Waals surface area contributed by atoms with Crippen LogP contribution < -0.4 is 10.2 Å². The number of amides is 1. The van der Waals surface area contributed by atoms with E-state index in [1.165, 1.54) is 103 Å². The van der Waals surface area contributed by atoms with Gasteiger partial charge in [0, 0.05) is 6.42 Å². The molecule has 9 heteroatoms. The van der Waals surface area contributed by atoms with Crippen LogP contribution in [0.25, 0.3) is 0 Å². The van der Waals surface area contributed by atoms with E-state index in [0.717, 1.165) is 122 Å². The van der Waals surface area contributed by atoms with Gasteiger partial charge in [0.25, 0.3) is 7.82 Å². The van der Waals surface area contributed by atoms with Crippen LogP contribution in [0.1, 0.15) is 245 Å². The number of allylic oxidation sites excluding steroid dienone is 23. The summed E-state index contributed by atoms with van der Waals surface area (Å²) in [6.45, 7) is 4.49. The van der Waals surface area contributed by atoms with Gasteiger partial charge >= 0.3 is 0 Å². The molecule has 80 heavy (non-hydrogen) atoms. The lowest BCUT2D eigenvalue weighted by Crippen LogP contribution is -2.45. The van der Waals surface area contributed by atoms with Crippen LogP contribution in [0, 0.1) is 0 Å². The molecule has 1 amide bonds. The van der Waals surface area contributed by atoms with E-state index >= 15 is 0 Å². The van der Waals surface area contributed by atoms with Crippen LogP contribution in [0.2, 0.25) is 0 Å². The Morgan fingerprint density at radius 1 is 0.450 bits per heavy atom. The first kappa shape index (κ1) is 76.4. The van der Waals surface area contributed by atoms with Gasteiger partial charge in [-0.2, -0.15) is 0 Å². The summed E-state index contributed by atoms with van der Waals surface area (Å²) in [5.41, 5.74) is 0. The molecule has 0 fully saturated rings. The number of nitrogens with one attached hydrogen (secondary N) is 1. The number of aliphatic hydroxyl groups excluding tert-OH is 1. The van der Waals surface area contributed by atoms with Gasteiger partial charge in [-0.3, -0.25) is 9.36 Å². The minimum atomic E-state index is -4.63. The van der Waals surface area contributed by atoms with E-state index in [1.54, 1.807) is 6.08 Å². The van der Waals surface area contributed by atoms with Crippen molar-refractivity contribution in [1.29, 1.82) is 0 Å². The van der Waals surface area contributed by atoms with E-state index in [2.05, 4.69) is 153 Å². The van der Waals surface area contributed by atoms with Crippen molar-refractivity contribution < 1.29 is 32.9 Å². The summed E-state index contributed by atoms with van der Waals surface area (Å²) in [6, 6.07) is -0.933. The second-order valence-corrected chi connectivity index (χ2v) is 23.8. The summed E-state index contributed by atoms with van der Waals surface area (Å²) in [5.74, 6) is -0.235. The summed E-state index contributed by atoms with van der Waals surface area (Å²) in [4.78, 5) is 25.6. The van der Waals surface area contributed by atoms with E-state index in [0.29, 0.717) is 17.4 Å². The average molecular weight is 1130 g/mol. The lowest BCUT2D eigenvalue weighted by atomic mass is 10.0. The monoisotopic (exact) mass is 1130 g/mol. The van der Waals surface area contributed by atoms with Crippen molar-refractivity contribution in [1.82, 2.24) is 5.32 Å². The van der Waals surface area contributed by atoms with Crippen molar-refractivity contribution in [2.45, 2.75) is 257 Å². The molecule has 0 saturated heterocycles. The maximum Gasteiger partial charge on any atom is 0.268 e. The van der Waals surface area contributed by atoms with Gasteiger partial charge in [0.1, 0.15) is 13.2 Å². The first-order valence-electron chi connectivity index (χ1n) is 32.2. The fraction of sp³-hybridized carbons (Fsp3) is 0.648. The highest BCUT2D eigenvalue weighted by molar-refractivity contribution is 7.45. The van der Waals surface area contributed by atoms with Gasteiger partial charge in [0.15, 0.2) is 0 Å².